The van der Waals surface area contributed by atoms with E-state index in [0.717, 1.165) is 36.1 Å². The predicted molar refractivity (Wildman–Crippen MR) is 95.5 cm³/mol. The molecule has 1 aromatic carbocycles. The van der Waals surface area contributed by atoms with Crippen LogP contribution >= 0.6 is 0 Å². The van der Waals surface area contributed by atoms with Crippen LogP contribution in [0.2, 0.25) is 0 Å². The molecule has 0 aliphatic carbocycles. The maximum Gasteiger partial charge on any atom is 0.274 e. The molecule has 1 fully saturated rings. The van der Waals surface area contributed by atoms with Crippen LogP contribution in [-0.4, -0.2) is 50.0 Å². The minimum Gasteiger partial charge on any atom is -0.338 e. The largest absolute Gasteiger partial charge is 0.338 e. The number of carbonyl (C=O) groups is 1. The van der Waals surface area contributed by atoms with Crippen LogP contribution in [0.15, 0.2) is 36.7 Å². The number of fused-ring (bicyclic) bond motifs is 1. The molecule has 0 saturated carbocycles. The number of rotatable bonds is 4. The van der Waals surface area contributed by atoms with Gasteiger partial charge in [-0.2, -0.15) is 0 Å². The summed E-state index contributed by atoms with van der Waals surface area (Å²) in [5.74, 6) is 0.466. The monoisotopic (exact) mass is 332 g/mol. The van der Waals surface area contributed by atoms with E-state index in [-0.39, 0.29) is 5.91 Å². The van der Waals surface area contributed by atoms with E-state index in [9.17, 15) is 4.79 Å². The number of nitrogens with one attached hydrogen (secondary N) is 2. The van der Waals surface area contributed by atoms with Crippen molar-refractivity contribution < 1.29 is 4.79 Å². The average molecular weight is 332 g/mol. The average Bonchev–Trinajstić information content (AvgIpc) is 3.02. The summed E-state index contributed by atoms with van der Waals surface area (Å²) in [7, 11) is 0. The first-order valence-electron chi connectivity index (χ1n) is 8.04. The Morgan fingerprint density at radius 1 is 1.20 bits per heavy atom. The highest BCUT2D eigenvalue weighted by Gasteiger charge is 2.27. The van der Waals surface area contributed by atoms with Crippen molar-refractivity contribution in [3.05, 3.63) is 48.2 Å². The molecule has 124 valence electrons. The Balaban J connectivity index is 1.82. The third kappa shape index (κ3) is 2.80. The highest BCUT2D eigenvalue weighted by Crippen LogP contribution is 2.26. The molecule has 7 heteroatoms. The van der Waals surface area contributed by atoms with Gasteiger partial charge >= 0.3 is 0 Å². The minimum atomic E-state index is -0.0776. The molecule has 1 aliphatic rings. The summed E-state index contributed by atoms with van der Waals surface area (Å²) in [6, 6.07) is 5.68. The van der Waals surface area contributed by atoms with Crippen molar-refractivity contribution in [3.63, 3.8) is 0 Å². The Bertz CT molecular complexity index is 986. The van der Waals surface area contributed by atoms with Crippen molar-refractivity contribution in [1.82, 2.24) is 24.8 Å². The Morgan fingerprint density at radius 2 is 2.00 bits per heavy atom. The van der Waals surface area contributed by atoms with E-state index in [1.165, 1.54) is 6.21 Å². The highest BCUT2D eigenvalue weighted by atomic mass is 16.2. The molecular weight excluding hydrogens is 316 g/mol. The molecule has 0 bridgehead atoms. The summed E-state index contributed by atoms with van der Waals surface area (Å²) in [5, 5.41) is 7.11. The van der Waals surface area contributed by atoms with E-state index < -0.39 is 0 Å². The van der Waals surface area contributed by atoms with Crippen LogP contribution in [0.25, 0.3) is 28.4 Å². The number of hydrogen-bond donors (Lipinski definition) is 2. The number of imidazole rings is 1. The maximum atomic E-state index is 12.7. The van der Waals surface area contributed by atoms with Crippen molar-refractivity contribution in [1.29, 1.82) is 5.41 Å². The molecule has 1 aliphatic heterocycles. The summed E-state index contributed by atoms with van der Waals surface area (Å²) in [5.41, 5.74) is 3.44. The Kier molecular flexibility index (Phi) is 3.81. The number of aromatic amines is 1. The molecule has 0 spiro atoms. The predicted octanol–water partition coefficient (Wildman–Crippen LogP) is 2.53. The first-order valence-corrected chi connectivity index (χ1v) is 8.04. The second-order valence-electron chi connectivity index (χ2n) is 5.78. The van der Waals surface area contributed by atoms with Gasteiger partial charge < -0.3 is 15.3 Å². The van der Waals surface area contributed by atoms with Crippen molar-refractivity contribution in [2.24, 2.45) is 0 Å². The molecule has 1 saturated heterocycles. The number of H-pyrrole nitrogens is 1. The van der Waals surface area contributed by atoms with Gasteiger partial charge in [0, 0.05) is 37.3 Å². The third-order valence-electron chi connectivity index (χ3n) is 4.18. The summed E-state index contributed by atoms with van der Waals surface area (Å²) in [6.07, 6.45) is 8.72. The fourth-order valence-corrected chi connectivity index (χ4v) is 2.76. The van der Waals surface area contributed by atoms with Crippen LogP contribution in [0, 0.1) is 5.41 Å². The minimum absolute atomic E-state index is 0.0776. The van der Waals surface area contributed by atoms with Gasteiger partial charge in [0.2, 0.25) is 0 Å². The molecule has 2 N–H and O–H groups in total. The van der Waals surface area contributed by atoms with Gasteiger partial charge in [0.25, 0.3) is 5.91 Å². The van der Waals surface area contributed by atoms with Crippen molar-refractivity contribution in [3.8, 4) is 11.3 Å². The molecule has 1 amide bonds. The Labute approximate surface area is 144 Å². The van der Waals surface area contributed by atoms with Crippen LogP contribution in [0.3, 0.4) is 0 Å². The molecule has 7 nitrogen and oxygen atoms in total. The van der Waals surface area contributed by atoms with Gasteiger partial charge in [-0.1, -0.05) is 6.07 Å². The number of likely N-dealkylation sites (tertiary alicyclic amines) is 1. The van der Waals surface area contributed by atoms with E-state index in [4.69, 9.17) is 5.41 Å². The fraction of sp³-hybridized carbons (Fsp3) is 0.167. The lowest BCUT2D eigenvalue weighted by molar-refractivity contribution is 0.0647. The molecule has 25 heavy (non-hydrogen) atoms. The first-order chi connectivity index (χ1) is 12.3. The van der Waals surface area contributed by atoms with Crippen molar-refractivity contribution in [2.45, 2.75) is 6.42 Å². The van der Waals surface area contributed by atoms with Gasteiger partial charge in [-0.25, -0.2) is 4.98 Å². The molecule has 3 aromatic rings. The van der Waals surface area contributed by atoms with E-state index in [2.05, 4.69) is 19.9 Å². The maximum absolute atomic E-state index is 12.7. The van der Waals surface area contributed by atoms with E-state index in [0.29, 0.717) is 17.2 Å². The number of allylic oxidation sites excluding steroid dienone is 1. The van der Waals surface area contributed by atoms with Gasteiger partial charge in [-0.05, 0) is 30.7 Å². The van der Waals surface area contributed by atoms with Crippen LogP contribution in [-0.2, 0) is 0 Å². The highest BCUT2D eigenvalue weighted by molar-refractivity contribution is 5.99. The zero-order chi connectivity index (χ0) is 17.2. The molecule has 2 aromatic heterocycles. The molecule has 3 heterocycles. The summed E-state index contributed by atoms with van der Waals surface area (Å²) in [4.78, 5) is 30.7. The lowest BCUT2D eigenvalue weighted by Gasteiger charge is -2.30. The quantitative estimate of drug-likeness (QED) is 0.717. The fourth-order valence-electron chi connectivity index (χ4n) is 2.76. The van der Waals surface area contributed by atoms with Gasteiger partial charge in [0.1, 0.15) is 5.82 Å². The van der Waals surface area contributed by atoms with E-state index >= 15 is 0 Å². The molecule has 0 unspecified atom stereocenters. The number of hydrogen-bond acceptors (Lipinski definition) is 5. The van der Waals surface area contributed by atoms with Crippen LogP contribution in [0.5, 0.6) is 0 Å². The SMILES string of the molecule is N=C/C=C\c1nc(C(=O)N2CCC2)c(-c2ccc3nccnc3c2)[nH]1. The first kappa shape index (κ1) is 15.2. The van der Waals surface area contributed by atoms with Gasteiger partial charge in [0.15, 0.2) is 5.69 Å². The molecule has 4 rings (SSSR count). The number of amides is 1. The van der Waals surface area contributed by atoms with Crippen LogP contribution in [0.1, 0.15) is 22.7 Å². The van der Waals surface area contributed by atoms with Crippen molar-refractivity contribution in [2.75, 3.05) is 13.1 Å². The zero-order valence-corrected chi connectivity index (χ0v) is 13.4. The van der Waals surface area contributed by atoms with Gasteiger partial charge in [-0.3, -0.25) is 14.8 Å². The van der Waals surface area contributed by atoms with E-state index in [1.54, 1.807) is 29.4 Å². The lowest BCUT2D eigenvalue weighted by atomic mass is 10.1. The Morgan fingerprint density at radius 3 is 2.72 bits per heavy atom. The van der Waals surface area contributed by atoms with Crippen LogP contribution < -0.4 is 0 Å². The summed E-state index contributed by atoms with van der Waals surface area (Å²) >= 11 is 0. The van der Waals surface area contributed by atoms with Crippen molar-refractivity contribution >= 4 is 29.2 Å². The summed E-state index contributed by atoms with van der Waals surface area (Å²) < 4.78 is 0. The molecule has 0 atom stereocenters. The number of carbonyl (C=O) groups excluding carboxylic acids is 1. The standard InChI is InChI=1S/C18H16N6O/c19-6-1-3-15-22-16(17(23-15)18(25)24-9-2-10-24)12-4-5-13-14(11-12)21-8-7-20-13/h1,3-8,11,19H,2,9-10H2,(H,22,23)/b3-1-,19-6?. The van der Waals surface area contributed by atoms with E-state index in [1.807, 2.05) is 18.2 Å². The van der Waals surface area contributed by atoms with Gasteiger partial charge in [0.05, 0.1) is 16.7 Å². The normalized spacial score (nSPS) is 14.0. The van der Waals surface area contributed by atoms with Crippen LogP contribution in [0.4, 0.5) is 0 Å². The van der Waals surface area contributed by atoms with Gasteiger partial charge in [-0.15, -0.1) is 0 Å². The number of nitrogens with zero attached hydrogens (tertiary/aromatic N) is 4. The second-order valence-corrected chi connectivity index (χ2v) is 5.78. The smallest absolute Gasteiger partial charge is 0.274 e. The Hall–Kier alpha value is -3.35. The molecular formula is C18H16N6O. The molecule has 0 radical (unpaired) electrons. The number of benzene rings is 1. The number of aromatic nitrogens is 4. The lowest BCUT2D eigenvalue weighted by Crippen LogP contribution is -2.42. The second kappa shape index (κ2) is 6.27. The topological polar surface area (TPSA) is 98.6 Å². The third-order valence-corrected chi connectivity index (χ3v) is 4.18. The summed E-state index contributed by atoms with van der Waals surface area (Å²) in [6.45, 7) is 1.53. The zero-order valence-electron chi connectivity index (χ0n) is 13.4.